The molecule has 0 aliphatic carbocycles. The van der Waals surface area contributed by atoms with Crippen LogP contribution >= 0.6 is 11.8 Å². The van der Waals surface area contributed by atoms with Crippen LogP contribution in [0.15, 0.2) is 5.16 Å². The van der Waals surface area contributed by atoms with Crippen molar-refractivity contribution in [1.82, 2.24) is 14.8 Å². The van der Waals surface area contributed by atoms with Gasteiger partial charge in [0.2, 0.25) is 5.95 Å². The molecule has 0 saturated heterocycles. The lowest BCUT2D eigenvalue weighted by molar-refractivity contribution is 0.0777. The molecule has 80 valence electrons. The summed E-state index contributed by atoms with van der Waals surface area (Å²) in [6.07, 6.45) is 0.713. The Morgan fingerprint density at radius 3 is 2.57 bits per heavy atom. The fraction of sp³-hybridized carbons (Fsp3) is 0.750. The molecule has 6 heteroatoms. The number of nitrogens with zero attached hydrogens (tertiary/aromatic N) is 3. The first-order valence-electron chi connectivity index (χ1n) is 4.40. The Labute approximate surface area is 87.7 Å². The summed E-state index contributed by atoms with van der Waals surface area (Å²) in [4.78, 5) is 0. The monoisotopic (exact) mass is 216 g/mol. The molecule has 0 radical (unpaired) electrons. The lowest BCUT2D eigenvalue weighted by atomic mass is 10.1. The van der Waals surface area contributed by atoms with Crippen molar-refractivity contribution in [3.63, 3.8) is 0 Å². The van der Waals surface area contributed by atoms with E-state index in [9.17, 15) is 5.11 Å². The summed E-state index contributed by atoms with van der Waals surface area (Å²) >= 11 is 1.54. The largest absolute Gasteiger partial charge is 0.390 e. The van der Waals surface area contributed by atoms with Crippen LogP contribution in [0.25, 0.3) is 0 Å². The molecule has 1 heterocycles. The van der Waals surface area contributed by atoms with Crippen LogP contribution in [-0.2, 0) is 7.05 Å². The number of thioether (sulfide) groups is 1. The molecule has 0 saturated carbocycles. The van der Waals surface area contributed by atoms with E-state index in [1.165, 1.54) is 0 Å². The van der Waals surface area contributed by atoms with E-state index in [1.807, 2.05) is 7.05 Å². The van der Waals surface area contributed by atoms with Crippen LogP contribution in [0.4, 0.5) is 5.95 Å². The number of nitrogen functional groups attached to an aromatic ring is 1. The second kappa shape index (κ2) is 4.18. The fourth-order valence-electron chi connectivity index (χ4n) is 0.844. The summed E-state index contributed by atoms with van der Waals surface area (Å²) in [5, 5.41) is 17.9. The van der Waals surface area contributed by atoms with Crippen LogP contribution in [0.3, 0.4) is 0 Å². The number of aliphatic hydroxyl groups is 1. The van der Waals surface area contributed by atoms with Gasteiger partial charge in [0.1, 0.15) is 0 Å². The predicted molar refractivity (Wildman–Crippen MR) is 57.1 cm³/mol. The maximum absolute atomic E-state index is 9.49. The van der Waals surface area contributed by atoms with E-state index in [4.69, 9.17) is 5.73 Å². The van der Waals surface area contributed by atoms with E-state index < -0.39 is 5.60 Å². The number of hydrogen-bond donors (Lipinski definition) is 2. The molecule has 1 aromatic rings. The molecule has 0 amide bonds. The molecule has 0 fully saturated rings. The van der Waals surface area contributed by atoms with Gasteiger partial charge in [0.25, 0.3) is 0 Å². The maximum atomic E-state index is 9.49. The third-order valence-electron chi connectivity index (χ3n) is 1.81. The van der Waals surface area contributed by atoms with E-state index >= 15 is 0 Å². The molecule has 0 spiro atoms. The van der Waals surface area contributed by atoms with Gasteiger partial charge >= 0.3 is 0 Å². The zero-order chi connectivity index (χ0) is 10.8. The summed E-state index contributed by atoms with van der Waals surface area (Å²) in [6.45, 7) is 3.58. The molecular weight excluding hydrogens is 200 g/mol. The van der Waals surface area contributed by atoms with Crippen molar-refractivity contribution >= 4 is 17.7 Å². The highest BCUT2D eigenvalue weighted by molar-refractivity contribution is 7.99. The molecule has 0 atom stereocenters. The van der Waals surface area contributed by atoms with Crippen LogP contribution in [0.5, 0.6) is 0 Å². The quantitative estimate of drug-likeness (QED) is 0.723. The first-order chi connectivity index (χ1) is 6.40. The summed E-state index contributed by atoms with van der Waals surface area (Å²) < 4.78 is 1.73. The zero-order valence-corrected chi connectivity index (χ0v) is 9.51. The lowest BCUT2D eigenvalue weighted by Crippen LogP contribution is -2.19. The van der Waals surface area contributed by atoms with Gasteiger partial charge in [-0.05, 0) is 20.3 Å². The zero-order valence-electron chi connectivity index (χ0n) is 8.69. The van der Waals surface area contributed by atoms with Crippen molar-refractivity contribution in [2.45, 2.75) is 31.0 Å². The van der Waals surface area contributed by atoms with E-state index in [0.29, 0.717) is 12.4 Å². The minimum absolute atomic E-state index is 0.413. The molecule has 14 heavy (non-hydrogen) atoms. The van der Waals surface area contributed by atoms with Crippen LogP contribution < -0.4 is 5.73 Å². The average Bonchev–Trinajstić information content (AvgIpc) is 2.33. The molecule has 0 bridgehead atoms. The summed E-state index contributed by atoms with van der Waals surface area (Å²) in [5.74, 6) is 1.21. The molecular formula is C8H16N4OS. The Balaban J connectivity index is 2.43. The Morgan fingerprint density at radius 2 is 2.14 bits per heavy atom. The van der Waals surface area contributed by atoms with Crippen molar-refractivity contribution in [2.24, 2.45) is 7.05 Å². The van der Waals surface area contributed by atoms with Gasteiger partial charge in [0, 0.05) is 12.8 Å². The number of aromatic nitrogens is 3. The summed E-state index contributed by atoms with van der Waals surface area (Å²) in [5.41, 5.74) is 4.90. The molecule has 0 aliphatic rings. The van der Waals surface area contributed by atoms with Crippen molar-refractivity contribution in [2.75, 3.05) is 11.5 Å². The van der Waals surface area contributed by atoms with Gasteiger partial charge in [0.15, 0.2) is 5.16 Å². The summed E-state index contributed by atoms with van der Waals surface area (Å²) in [7, 11) is 1.82. The van der Waals surface area contributed by atoms with Gasteiger partial charge in [-0.25, -0.2) is 0 Å². The predicted octanol–water partition coefficient (Wildman–Crippen LogP) is 0.650. The Kier molecular flexibility index (Phi) is 3.38. The molecule has 0 unspecified atom stereocenters. The van der Waals surface area contributed by atoms with Crippen molar-refractivity contribution in [3.8, 4) is 0 Å². The van der Waals surface area contributed by atoms with Gasteiger partial charge in [0.05, 0.1) is 5.60 Å². The molecule has 1 rings (SSSR count). The maximum Gasteiger partial charge on any atom is 0.222 e. The van der Waals surface area contributed by atoms with Gasteiger partial charge < -0.3 is 10.8 Å². The lowest BCUT2D eigenvalue weighted by Gasteiger charge is -2.15. The van der Waals surface area contributed by atoms with E-state index in [0.717, 1.165) is 10.9 Å². The van der Waals surface area contributed by atoms with Crippen LogP contribution in [0.2, 0.25) is 0 Å². The van der Waals surface area contributed by atoms with Gasteiger partial charge in [-0.1, -0.05) is 11.8 Å². The van der Waals surface area contributed by atoms with E-state index in [2.05, 4.69) is 10.2 Å². The van der Waals surface area contributed by atoms with Gasteiger partial charge in [-0.15, -0.1) is 10.2 Å². The Bertz CT molecular complexity index is 305. The molecule has 0 aromatic carbocycles. The Morgan fingerprint density at radius 1 is 1.50 bits per heavy atom. The van der Waals surface area contributed by atoms with Crippen molar-refractivity contribution in [1.29, 1.82) is 0 Å². The highest BCUT2D eigenvalue weighted by Gasteiger charge is 2.13. The van der Waals surface area contributed by atoms with Crippen molar-refractivity contribution < 1.29 is 5.11 Å². The standard InChI is InChI=1S/C8H16N4OS/c1-8(2,13)4-5-14-7-11-10-6(9)12(7)3/h13H,4-5H2,1-3H3,(H2,9,10). The molecule has 3 N–H and O–H groups in total. The Hall–Kier alpha value is -0.750. The number of nitrogens with two attached hydrogens (primary N) is 1. The van der Waals surface area contributed by atoms with Crippen LogP contribution in [0.1, 0.15) is 20.3 Å². The molecule has 1 aromatic heterocycles. The number of hydrogen-bond acceptors (Lipinski definition) is 5. The normalized spacial score (nSPS) is 12.0. The molecule has 0 aliphatic heterocycles. The SMILES string of the molecule is Cn1c(N)nnc1SCCC(C)(C)O. The third kappa shape index (κ3) is 3.19. The summed E-state index contributed by atoms with van der Waals surface area (Å²) in [6, 6.07) is 0. The van der Waals surface area contributed by atoms with E-state index in [1.54, 1.807) is 30.2 Å². The van der Waals surface area contributed by atoms with Crippen LogP contribution in [-0.4, -0.2) is 31.2 Å². The van der Waals surface area contributed by atoms with E-state index in [-0.39, 0.29) is 0 Å². The highest BCUT2D eigenvalue weighted by Crippen LogP contribution is 2.20. The minimum Gasteiger partial charge on any atom is -0.390 e. The minimum atomic E-state index is -0.628. The average molecular weight is 216 g/mol. The number of anilines is 1. The third-order valence-corrected chi connectivity index (χ3v) is 2.84. The smallest absolute Gasteiger partial charge is 0.222 e. The first kappa shape index (κ1) is 11.3. The second-order valence-electron chi connectivity index (χ2n) is 3.81. The van der Waals surface area contributed by atoms with Crippen molar-refractivity contribution in [3.05, 3.63) is 0 Å². The first-order valence-corrected chi connectivity index (χ1v) is 5.39. The topological polar surface area (TPSA) is 77.0 Å². The fourth-order valence-corrected chi connectivity index (χ4v) is 2.01. The van der Waals surface area contributed by atoms with Crippen LogP contribution in [0, 0.1) is 0 Å². The number of rotatable bonds is 4. The van der Waals surface area contributed by atoms with Gasteiger partial charge in [-0.3, -0.25) is 4.57 Å². The highest BCUT2D eigenvalue weighted by atomic mass is 32.2. The van der Waals surface area contributed by atoms with Gasteiger partial charge in [-0.2, -0.15) is 0 Å². The molecule has 5 nitrogen and oxygen atoms in total. The second-order valence-corrected chi connectivity index (χ2v) is 4.87.